The quantitative estimate of drug-likeness (QED) is 0.827. The van der Waals surface area contributed by atoms with Crippen LogP contribution in [0.4, 0.5) is 4.79 Å². The van der Waals surface area contributed by atoms with E-state index in [1.54, 1.807) is 16.2 Å². The number of likely N-dealkylation sites (tertiary alicyclic amines) is 1. The first kappa shape index (κ1) is 16.3. The van der Waals surface area contributed by atoms with Crippen molar-refractivity contribution >= 4 is 33.6 Å². The number of nitrogens with zero attached hydrogens (tertiary/aromatic N) is 3. The van der Waals surface area contributed by atoms with Crippen molar-refractivity contribution in [1.29, 1.82) is 0 Å². The van der Waals surface area contributed by atoms with Gasteiger partial charge in [0, 0.05) is 38.0 Å². The second kappa shape index (κ2) is 5.98. The van der Waals surface area contributed by atoms with Gasteiger partial charge in [0.15, 0.2) is 0 Å². The van der Waals surface area contributed by atoms with Crippen molar-refractivity contribution in [3.63, 3.8) is 0 Å². The SMILES string of the molecule is CCN1CC2(CCN(C(=O)c3ccc4sc(C)nc4c3)CC2)OC1=O. The minimum Gasteiger partial charge on any atom is -0.441 e. The zero-order chi connectivity index (χ0) is 17.6. The third-order valence-electron chi connectivity index (χ3n) is 5.13. The van der Waals surface area contributed by atoms with Gasteiger partial charge in [-0.15, -0.1) is 11.3 Å². The number of hydrogen-bond donors (Lipinski definition) is 0. The molecule has 7 heteroatoms. The van der Waals surface area contributed by atoms with Crippen LogP contribution >= 0.6 is 11.3 Å². The Bertz CT molecular complexity index is 839. The molecule has 1 aromatic heterocycles. The van der Waals surface area contributed by atoms with Crippen LogP contribution < -0.4 is 0 Å². The van der Waals surface area contributed by atoms with Gasteiger partial charge < -0.3 is 14.5 Å². The number of carbonyl (C=O) groups excluding carboxylic acids is 2. The number of benzene rings is 1. The van der Waals surface area contributed by atoms with Crippen molar-refractivity contribution in [1.82, 2.24) is 14.8 Å². The minimum atomic E-state index is -0.417. The van der Waals surface area contributed by atoms with E-state index in [4.69, 9.17) is 4.74 Å². The van der Waals surface area contributed by atoms with Gasteiger partial charge in [-0.1, -0.05) is 0 Å². The molecule has 2 aromatic rings. The molecule has 4 rings (SSSR count). The van der Waals surface area contributed by atoms with Gasteiger partial charge in [-0.3, -0.25) is 4.79 Å². The topological polar surface area (TPSA) is 62.7 Å². The molecule has 1 spiro atoms. The van der Waals surface area contributed by atoms with Crippen LogP contribution in [0.5, 0.6) is 0 Å². The number of ether oxygens (including phenoxy) is 1. The van der Waals surface area contributed by atoms with E-state index < -0.39 is 5.60 Å². The maximum Gasteiger partial charge on any atom is 0.410 e. The summed E-state index contributed by atoms with van der Waals surface area (Å²) in [6.45, 7) is 6.44. The van der Waals surface area contributed by atoms with Crippen molar-refractivity contribution in [2.45, 2.75) is 32.3 Å². The molecule has 1 aromatic carbocycles. The highest BCUT2D eigenvalue weighted by Crippen LogP contribution is 2.33. The van der Waals surface area contributed by atoms with Gasteiger partial charge in [0.1, 0.15) is 5.60 Å². The molecule has 2 aliphatic heterocycles. The lowest BCUT2D eigenvalue weighted by Crippen LogP contribution is -2.48. The highest BCUT2D eigenvalue weighted by Gasteiger charge is 2.47. The molecule has 6 nitrogen and oxygen atoms in total. The summed E-state index contributed by atoms with van der Waals surface area (Å²) in [6.07, 6.45) is 1.16. The number of thiazole rings is 1. The fraction of sp³-hybridized carbons (Fsp3) is 0.500. The molecule has 132 valence electrons. The summed E-state index contributed by atoms with van der Waals surface area (Å²) in [7, 11) is 0. The van der Waals surface area contributed by atoms with Gasteiger partial charge in [-0.05, 0) is 32.0 Å². The second-order valence-electron chi connectivity index (χ2n) is 6.77. The van der Waals surface area contributed by atoms with Crippen LogP contribution in [0.2, 0.25) is 0 Å². The number of rotatable bonds is 2. The molecule has 25 heavy (non-hydrogen) atoms. The first-order valence-corrected chi connectivity index (χ1v) is 9.46. The summed E-state index contributed by atoms with van der Waals surface area (Å²) in [5.41, 5.74) is 1.14. The van der Waals surface area contributed by atoms with Crippen molar-refractivity contribution < 1.29 is 14.3 Å². The van der Waals surface area contributed by atoms with Crippen LogP contribution in [0.1, 0.15) is 35.1 Å². The van der Waals surface area contributed by atoms with Crippen LogP contribution in [-0.4, -0.2) is 58.6 Å². The number of piperidine rings is 1. The number of aromatic nitrogens is 1. The Balaban J connectivity index is 1.46. The summed E-state index contributed by atoms with van der Waals surface area (Å²) < 4.78 is 6.73. The van der Waals surface area contributed by atoms with Crippen LogP contribution in [0.3, 0.4) is 0 Å². The summed E-state index contributed by atoms with van der Waals surface area (Å²) in [5, 5.41) is 1.00. The molecule has 0 saturated carbocycles. The maximum atomic E-state index is 12.8. The van der Waals surface area contributed by atoms with E-state index in [9.17, 15) is 9.59 Å². The van der Waals surface area contributed by atoms with Gasteiger partial charge in [0.2, 0.25) is 0 Å². The maximum absolute atomic E-state index is 12.8. The third-order valence-corrected chi connectivity index (χ3v) is 6.08. The Morgan fingerprint density at radius 2 is 2.12 bits per heavy atom. The molecule has 2 saturated heterocycles. The standard InChI is InChI=1S/C18H21N3O3S/c1-3-20-11-18(24-17(20)23)6-8-21(9-7-18)16(22)13-4-5-15-14(10-13)19-12(2)25-15/h4-5,10H,3,6-9,11H2,1-2H3. The molecule has 2 fully saturated rings. The number of carbonyl (C=O) groups is 2. The first-order valence-electron chi connectivity index (χ1n) is 8.64. The molecular weight excluding hydrogens is 338 g/mol. The van der Waals surface area contributed by atoms with Gasteiger partial charge >= 0.3 is 6.09 Å². The number of fused-ring (bicyclic) bond motifs is 1. The zero-order valence-corrected chi connectivity index (χ0v) is 15.3. The van der Waals surface area contributed by atoms with E-state index in [1.165, 1.54) is 0 Å². The normalized spacial score (nSPS) is 19.7. The average Bonchev–Trinajstić information content (AvgIpc) is 3.13. The molecule has 2 aliphatic rings. The molecule has 0 atom stereocenters. The molecule has 0 radical (unpaired) electrons. The Kier molecular flexibility index (Phi) is 3.91. The third kappa shape index (κ3) is 2.86. The summed E-state index contributed by atoms with van der Waals surface area (Å²) in [5.74, 6) is 0.0269. The molecule has 2 amide bonds. The van der Waals surface area contributed by atoms with Crippen molar-refractivity contribution in [2.24, 2.45) is 0 Å². The number of amides is 2. The first-order chi connectivity index (χ1) is 12.0. The van der Waals surface area contributed by atoms with E-state index in [1.807, 2.05) is 36.9 Å². The van der Waals surface area contributed by atoms with E-state index in [2.05, 4.69) is 4.98 Å². The zero-order valence-electron chi connectivity index (χ0n) is 14.4. The monoisotopic (exact) mass is 359 g/mol. The lowest BCUT2D eigenvalue weighted by molar-refractivity contribution is 0.00315. The van der Waals surface area contributed by atoms with Crippen molar-refractivity contribution in [2.75, 3.05) is 26.2 Å². The molecule has 3 heterocycles. The minimum absolute atomic E-state index is 0.0269. The predicted molar refractivity (Wildman–Crippen MR) is 96.0 cm³/mol. The Labute approximate surface area is 150 Å². The lowest BCUT2D eigenvalue weighted by atomic mass is 9.91. The fourth-order valence-electron chi connectivity index (χ4n) is 3.67. The molecule has 0 bridgehead atoms. The van der Waals surface area contributed by atoms with Gasteiger partial charge in [0.25, 0.3) is 5.91 Å². The summed E-state index contributed by atoms with van der Waals surface area (Å²) in [4.78, 5) is 32.7. The lowest BCUT2D eigenvalue weighted by Gasteiger charge is -2.37. The molecule has 0 unspecified atom stereocenters. The highest BCUT2D eigenvalue weighted by atomic mass is 32.1. The fourth-order valence-corrected chi connectivity index (χ4v) is 4.48. The van der Waals surface area contributed by atoms with Gasteiger partial charge in [-0.25, -0.2) is 9.78 Å². The Morgan fingerprint density at radius 1 is 1.36 bits per heavy atom. The van der Waals surface area contributed by atoms with Gasteiger partial charge in [0.05, 0.1) is 21.8 Å². The van der Waals surface area contributed by atoms with E-state index in [0.717, 1.165) is 15.2 Å². The van der Waals surface area contributed by atoms with Crippen molar-refractivity contribution in [3.05, 3.63) is 28.8 Å². The highest BCUT2D eigenvalue weighted by molar-refractivity contribution is 7.18. The molecular formula is C18H21N3O3S. The number of likely N-dealkylation sites (N-methyl/N-ethyl adjacent to an activating group) is 1. The second-order valence-corrected chi connectivity index (χ2v) is 8.01. The van der Waals surface area contributed by atoms with Gasteiger partial charge in [-0.2, -0.15) is 0 Å². The number of hydrogen-bond acceptors (Lipinski definition) is 5. The Hall–Kier alpha value is -2.15. The van der Waals surface area contributed by atoms with Crippen LogP contribution in [0, 0.1) is 6.92 Å². The van der Waals surface area contributed by atoms with E-state index >= 15 is 0 Å². The Morgan fingerprint density at radius 3 is 2.80 bits per heavy atom. The smallest absolute Gasteiger partial charge is 0.410 e. The number of aryl methyl sites for hydroxylation is 1. The van der Waals surface area contributed by atoms with Crippen LogP contribution in [0.25, 0.3) is 10.2 Å². The molecule has 0 aliphatic carbocycles. The van der Waals surface area contributed by atoms with Crippen molar-refractivity contribution in [3.8, 4) is 0 Å². The largest absolute Gasteiger partial charge is 0.441 e. The van der Waals surface area contributed by atoms with Crippen LogP contribution in [0.15, 0.2) is 18.2 Å². The van der Waals surface area contributed by atoms with E-state index in [0.29, 0.717) is 44.6 Å². The summed E-state index contributed by atoms with van der Waals surface area (Å²) in [6, 6.07) is 5.72. The average molecular weight is 359 g/mol. The predicted octanol–water partition coefficient (Wildman–Crippen LogP) is 3.05. The summed E-state index contributed by atoms with van der Waals surface area (Å²) >= 11 is 1.63. The van der Waals surface area contributed by atoms with Crippen LogP contribution in [-0.2, 0) is 4.74 Å². The molecule has 0 N–H and O–H groups in total. The van der Waals surface area contributed by atoms with E-state index in [-0.39, 0.29) is 12.0 Å².